The fourth-order valence-corrected chi connectivity index (χ4v) is 3.53. The molecule has 1 N–H and O–H groups in total. The van der Waals surface area contributed by atoms with Crippen molar-refractivity contribution in [3.05, 3.63) is 24.3 Å². The van der Waals surface area contributed by atoms with Crippen LogP contribution < -0.4 is 4.46 Å². The molecule has 0 heterocycles. The molecule has 0 atom stereocenters. The van der Waals surface area contributed by atoms with Crippen LogP contribution in [0.2, 0.25) is 5.32 Å². The van der Waals surface area contributed by atoms with Gasteiger partial charge in [0.25, 0.3) is 0 Å². The van der Waals surface area contributed by atoms with Crippen LogP contribution in [0.4, 0.5) is 0 Å². The fraction of sp³-hybridized carbons (Fsp3) is 0.571. The maximum atomic E-state index is 9.16. The summed E-state index contributed by atoms with van der Waals surface area (Å²) in [6, 6.07) is 7.68. The molecule has 0 aliphatic carbocycles. The zero-order valence-corrected chi connectivity index (χ0v) is 11.8. The zero-order valence-electron chi connectivity index (χ0n) is 10.1. The number of hydrogen-bond donors (Lipinski definition) is 1. The van der Waals surface area contributed by atoms with Crippen molar-refractivity contribution in [3.8, 4) is 5.75 Å². The molecule has 0 saturated heterocycles. The van der Waals surface area contributed by atoms with Crippen LogP contribution in [-0.2, 0) is 0 Å². The summed E-state index contributed by atoms with van der Waals surface area (Å²) in [4.78, 5) is 0. The summed E-state index contributed by atoms with van der Waals surface area (Å²) in [5.74, 6) is 0.374. The van der Waals surface area contributed by atoms with Crippen molar-refractivity contribution in [2.75, 3.05) is 0 Å². The van der Waals surface area contributed by atoms with Crippen molar-refractivity contribution in [2.45, 2.75) is 50.8 Å². The molecule has 0 aliphatic rings. The maximum absolute atomic E-state index is 9.16. The third-order valence-corrected chi connectivity index (χ3v) is 4.91. The van der Waals surface area contributed by atoms with Gasteiger partial charge in [-0.25, -0.2) is 0 Å². The molecule has 1 rings (SSSR count). The second kappa shape index (κ2) is 8.66. The zero-order chi connectivity index (χ0) is 11.6. The van der Waals surface area contributed by atoms with E-state index in [1.807, 2.05) is 12.1 Å². The van der Waals surface area contributed by atoms with Gasteiger partial charge in [0.1, 0.15) is 0 Å². The first-order valence-electron chi connectivity index (χ1n) is 6.24. The number of phenolic OH excluding ortho intramolecular Hbond substituents is 1. The van der Waals surface area contributed by atoms with E-state index in [0.29, 0.717) is 20.7 Å². The first-order valence-corrected chi connectivity index (χ1v) is 8.31. The first kappa shape index (κ1) is 13.6. The number of hydrogen-bond acceptors (Lipinski definition) is 1. The summed E-state index contributed by atoms with van der Waals surface area (Å²) >= 11 is 0.596. The van der Waals surface area contributed by atoms with E-state index in [0.717, 1.165) is 0 Å². The Bertz CT molecular complexity index is 269. The van der Waals surface area contributed by atoms with E-state index in [1.54, 1.807) is 12.1 Å². The van der Waals surface area contributed by atoms with Gasteiger partial charge < -0.3 is 0 Å². The molecule has 0 bridgehead atoms. The summed E-state index contributed by atoms with van der Waals surface area (Å²) < 4.78 is 1.40. The fourth-order valence-electron chi connectivity index (χ4n) is 1.61. The Morgan fingerprint density at radius 2 is 1.56 bits per heavy atom. The average Bonchev–Trinajstić information content (AvgIpc) is 2.30. The molecule has 2 heteroatoms. The van der Waals surface area contributed by atoms with Gasteiger partial charge in [-0.3, -0.25) is 0 Å². The Balaban J connectivity index is 2.01. The number of rotatable bonds is 8. The monoisotopic (exact) mass is 286 g/mol. The molecule has 90 valence electrons. The van der Waals surface area contributed by atoms with Crippen LogP contribution in [0.15, 0.2) is 24.3 Å². The van der Waals surface area contributed by atoms with E-state index in [2.05, 4.69) is 6.92 Å². The van der Waals surface area contributed by atoms with Gasteiger partial charge in [-0.1, -0.05) is 0 Å². The van der Waals surface area contributed by atoms with Gasteiger partial charge in [0, 0.05) is 0 Å². The molecule has 0 radical (unpaired) electrons. The van der Waals surface area contributed by atoms with Crippen molar-refractivity contribution >= 4 is 19.4 Å². The van der Waals surface area contributed by atoms with Crippen LogP contribution >= 0.6 is 0 Å². The molecular formula is C14H22OSe. The number of phenols is 1. The average molecular weight is 285 g/mol. The second-order valence-electron chi connectivity index (χ2n) is 4.11. The molecule has 0 amide bonds. The van der Waals surface area contributed by atoms with Gasteiger partial charge in [0.05, 0.1) is 0 Å². The minimum atomic E-state index is 0.374. The number of benzene rings is 1. The van der Waals surface area contributed by atoms with Gasteiger partial charge >= 0.3 is 105 Å². The Kier molecular flexibility index (Phi) is 7.37. The van der Waals surface area contributed by atoms with Crippen LogP contribution in [0, 0.1) is 0 Å². The van der Waals surface area contributed by atoms with Crippen LogP contribution in [0.5, 0.6) is 5.75 Å². The van der Waals surface area contributed by atoms with Gasteiger partial charge in [-0.15, -0.1) is 0 Å². The van der Waals surface area contributed by atoms with Crippen molar-refractivity contribution in [1.29, 1.82) is 0 Å². The van der Waals surface area contributed by atoms with E-state index in [9.17, 15) is 0 Å². The third kappa shape index (κ3) is 6.19. The topological polar surface area (TPSA) is 20.2 Å². The molecule has 0 unspecified atom stereocenters. The summed E-state index contributed by atoms with van der Waals surface area (Å²) in [5, 5.41) is 10.5. The van der Waals surface area contributed by atoms with Crippen molar-refractivity contribution in [3.63, 3.8) is 0 Å². The van der Waals surface area contributed by atoms with Gasteiger partial charge in [0.15, 0.2) is 0 Å². The second-order valence-corrected chi connectivity index (χ2v) is 6.56. The summed E-state index contributed by atoms with van der Waals surface area (Å²) in [5.41, 5.74) is 0. The Morgan fingerprint density at radius 1 is 0.938 bits per heavy atom. The summed E-state index contributed by atoms with van der Waals surface area (Å²) in [7, 11) is 0. The molecule has 1 aromatic rings. The Morgan fingerprint density at radius 3 is 2.25 bits per heavy atom. The van der Waals surface area contributed by atoms with E-state index >= 15 is 0 Å². The van der Waals surface area contributed by atoms with E-state index < -0.39 is 0 Å². The molecule has 0 aliphatic heterocycles. The van der Waals surface area contributed by atoms with Gasteiger partial charge in [-0.05, 0) is 0 Å². The molecule has 0 aromatic heterocycles. The van der Waals surface area contributed by atoms with E-state index in [-0.39, 0.29) is 0 Å². The SMILES string of the molecule is CCCCCCCC[Se]c1ccc(O)cc1. The van der Waals surface area contributed by atoms with E-state index in [1.165, 1.54) is 48.3 Å². The predicted octanol–water partition coefficient (Wildman–Crippen LogP) is 3.50. The summed E-state index contributed by atoms with van der Waals surface area (Å²) in [6.45, 7) is 2.26. The van der Waals surface area contributed by atoms with Crippen molar-refractivity contribution < 1.29 is 5.11 Å². The van der Waals surface area contributed by atoms with Gasteiger partial charge in [-0.2, -0.15) is 0 Å². The number of aromatic hydroxyl groups is 1. The van der Waals surface area contributed by atoms with Crippen LogP contribution in [0.3, 0.4) is 0 Å². The third-order valence-electron chi connectivity index (χ3n) is 2.60. The molecule has 16 heavy (non-hydrogen) atoms. The van der Waals surface area contributed by atoms with Gasteiger partial charge in [0.2, 0.25) is 0 Å². The number of unbranched alkanes of at least 4 members (excludes halogenated alkanes) is 5. The molecule has 0 saturated carbocycles. The molecule has 1 nitrogen and oxygen atoms in total. The molecule has 0 spiro atoms. The van der Waals surface area contributed by atoms with E-state index in [4.69, 9.17) is 5.11 Å². The quantitative estimate of drug-likeness (QED) is 0.572. The molecule has 0 fully saturated rings. The predicted molar refractivity (Wildman–Crippen MR) is 71.7 cm³/mol. The Hall–Kier alpha value is -0.461. The molecule has 1 aromatic carbocycles. The van der Waals surface area contributed by atoms with Crippen LogP contribution in [0.1, 0.15) is 45.4 Å². The summed E-state index contributed by atoms with van der Waals surface area (Å²) in [6.07, 6.45) is 8.28. The molecular weight excluding hydrogens is 263 g/mol. The van der Waals surface area contributed by atoms with Crippen molar-refractivity contribution in [1.82, 2.24) is 0 Å². The first-order chi connectivity index (χ1) is 7.83. The van der Waals surface area contributed by atoms with Crippen LogP contribution in [-0.4, -0.2) is 20.1 Å². The normalized spacial score (nSPS) is 10.6. The standard InChI is InChI=1S/C14H22OSe/c1-2-3-4-5-6-7-12-16-14-10-8-13(15)9-11-14/h8-11,15H,2-7,12H2,1H3. The minimum absolute atomic E-state index is 0.374. The van der Waals surface area contributed by atoms with Crippen LogP contribution in [0.25, 0.3) is 0 Å². The Labute approximate surface area is 105 Å². The van der Waals surface area contributed by atoms with Crippen molar-refractivity contribution in [2.24, 2.45) is 0 Å².